The Morgan fingerprint density at radius 1 is 1.07 bits per heavy atom. The van der Waals surface area contributed by atoms with Crippen LogP contribution in [-0.4, -0.2) is 27.8 Å². The molecule has 0 unspecified atom stereocenters. The molecule has 2 heterocycles. The zero-order valence-corrected chi connectivity index (χ0v) is 15.5. The number of nitrogens with zero attached hydrogens (tertiary/aromatic N) is 2. The van der Waals surface area contributed by atoms with E-state index < -0.39 is 0 Å². The molecule has 0 saturated heterocycles. The van der Waals surface area contributed by atoms with Crippen molar-refractivity contribution in [2.75, 3.05) is 5.32 Å². The molecular weight excluding hydrogens is 360 g/mol. The van der Waals surface area contributed by atoms with Gasteiger partial charge in [-0.3, -0.25) is 14.6 Å². The van der Waals surface area contributed by atoms with Crippen molar-refractivity contribution in [3.63, 3.8) is 0 Å². The summed E-state index contributed by atoms with van der Waals surface area (Å²) in [7, 11) is 0. The molecular formula is C20H18N4O2S. The molecule has 6 nitrogen and oxygen atoms in total. The average Bonchev–Trinajstić information content (AvgIpc) is 3.41. The molecule has 2 amide bonds. The van der Waals surface area contributed by atoms with Crippen molar-refractivity contribution in [1.29, 1.82) is 0 Å². The fourth-order valence-corrected chi connectivity index (χ4v) is 3.53. The lowest BCUT2D eigenvalue weighted by Crippen LogP contribution is -2.25. The average molecular weight is 378 g/mol. The van der Waals surface area contributed by atoms with Gasteiger partial charge in [0.15, 0.2) is 0 Å². The number of hydrogen-bond donors (Lipinski definition) is 2. The lowest BCUT2D eigenvalue weighted by atomic mass is 10.2. The second-order valence-corrected chi connectivity index (χ2v) is 7.43. The number of carbonyl (C=O) groups is 2. The highest BCUT2D eigenvalue weighted by molar-refractivity contribution is 7.17. The Morgan fingerprint density at radius 2 is 1.85 bits per heavy atom. The number of nitrogens with one attached hydrogen (secondary N) is 2. The number of amides is 2. The molecule has 4 rings (SSSR count). The fraction of sp³-hybridized carbons (Fsp3) is 0.200. The molecule has 27 heavy (non-hydrogen) atoms. The van der Waals surface area contributed by atoms with Crippen LogP contribution in [0.25, 0.3) is 10.7 Å². The summed E-state index contributed by atoms with van der Waals surface area (Å²) in [5.41, 5.74) is 2.63. The number of rotatable bonds is 5. The standard InChI is InChI=1S/C20H18N4O2S/c1-12-17(27-20(22-12)16-4-2-3-11-21-16)19(26)24-14-7-5-13(6-8-14)18(25)23-15-9-10-15/h2-8,11,15H,9-10H2,1H3,(H,23,25)(H,24,26). The molecule has 1 saturated carbocycles. The number of carbonyl (C=O) groups excluding carboxylic acids is 2. The largest absolute Gasteiger partial charge is 0.349 e. The monoisotopic (exact) mass is 378 g/mol. The topological polar surface area (TPSA) is 84.0 Å². The van der Waals surface area contributed by atoms with Gasteiger partial charge in [-0.25, -0.2) is 4.98 Å². The summed E-state index contributed by atoms with van der Waals surface area (Å²) in [6.07, 6.45) is 3.80. The lowest BCUT2D eigenvalue weighted by Gasteiger charge is -2.06. The Labute approximate surface area is 160 Å². The van der Waals surface area contributed by atoms with Gasteiger partial charge in [0, 0.05) is 23.5 Å². The number of pyridine rings is 1. The van der Waals surface area contributed by atoms with Crippen LogP contribution in [0.15, 0.2) is 48.7 Å². The Hall–Kier alpha value is -3.06. The van der Waals surface area contributed by atoms with Crippen LogP contribution in [0.5, 0.6) is 0 Å². The maximum Gasteiger partial charge on any atom is 0.267 e. The third kappa shape index (κ3) is 4.03. The van der Waals surface area contributed by atoms with Gasteiger partial charge in [-0.15, -0.1) is 11.3 Å². The Balaban J connectivity index is 1.46. The summed E-state index contributed by atoms with van der Waals surface area (Å²) in [6, 6.07) is 12.8. The van der Waals surface area contributed by atoms with Crippen LogP contribution < -0.4 is 10.6 Å². The molecule has 1 fully saturated rings. The van der Waals surface area contributed by atoms with Gasteiger partial charge < -0.3 is 10.6 Å². The van der Waals surface area contributed by atoms with E-state index in [0.29, 0.717) is 32.9 Å². The van der Waals surface area contributed by atoms with Crippen LogP contribution in [0.3, 0.4) is 0 Å². The number of benzene rings is 1. The van der Waals surface area contributed by atoms with Crippen molar-refractivity contribution >= 4 is 28.8 Å². The maximum atomic E-state index is 12.6. The number of anilines is 1. The van der Waals surface area contributed by atoms with Gasteiger partial charge in [-0.05, 0) is 56.2 Å². The van der Waals surface area contributed by atoms with Gasteiger partial charge in [0.2, 0.25) is 0 Å². The van der Waals surface area contributed by atoms with Crippen molar-refractivity contribution in [3.8, 4) is 10.7 Å². The first kappa shape index (κ1) is 17.4. The van der Waals surface area contributed by atoms with E-state index in [1.165, 1.54) is 11.3 Å². The Bertz CT molecular complexity index is 979. The van der Waals surface area contributed by atoms with E-state index in [9.17, 15) is 9.59 Å². The smallest absolute Gasteiger partial charge is 0.267 e. The van der Waals surface area contributed by atoms with Crippen molar-refractivity contribution in [2.45, 2.75) is 25.8 Å². The summed E-state index contributed by atoms with van der Waals surface area (Å²) in [5.74, 6) is -0.295. The van der Waals surface area contributed by atoms with Gasteiger partial charge in [0.05, 0.1) is 11.4 Å². The van der Waals surface area contributed by atoms with Crippen LogP contribution in [0.4, 0.5) is 5.69 Å². The van der Waals surface area contributed by atoms with E-state index in [4.69, 9.17) is 0 Å². The lowest BCUT2D eigenvalue weighted by molar-refractivity contribution is 0.0950. The molecule has 2 aromatic heterocycles. The highest BCUT2D eigenvalue weighted by Crippen LogP contribution is 2.27. The minimum atomic E-state index is -0.220. The number of aryl methyl sites for hydroxylation is 1. The summed E-state index contributed by atoms with van der Waals surface area (Å²) in [4.78, 5) is 33.9. The molecule has 136 valence electrons. The fourth-order valence-electron chi connectivity index (χ4n) is 2.60. The first-order valence-electron chi connectivity index (χ1n) is 8.71. The Kier molecular flexibility index (Phi) is 4.68. The minimum absolute atomic E-state index is 0.0753. The highest BCUT2D eigenvalue weighted by atomic mass is 32.1. The van der Waals surface area contributed by atoms with Gasteiger partial charge in [-0.1, -0.05) is 6.07 Å². The van der Waals surface area contributed by atoms with Crippen LogP contribution in [0.1, 0.15) is 38.6 Å². The molecule has 3 aromatic rings. The van der Waals surface area contributed by atoms with Crippen molar-refractivity contribution in [2.24, 2.45) is 0 Å². The molecule has 0 bridgehead atoms. The molecule has 0 radical (unpaired) electrons. The number of thiazole rings is 1. The van der Waals surface area contributed by atoms with Crippen molar-refractivity contribution < 1.29 is 9.59 Å². The van der Waals surface area contributed by atoms with Gasteiger partial charge >= 0.3 is 0 Å². The molecule has 2 N–H and O–H groups in total. The molecule has 1 aliphatic rings. The predicted molar refractivity (Wildman–Crippen MR) is 105 cm³/mol. The molecule has 0 spiro atoms. The second kappa shape index (κ2) is 7.28. The van der Waals surface area contributed by atoms with Crippen LogP contribution >= 0.6 is 11.3 Å². The third-order valence-electron chi connectivity index (χ3n) is 4.20. The van der Waals surface area contributed by atoms with Crippen LogP contribution in [0, 0.1) is 6.92 Å². The van der Waals surface area contributed by atoms with Crippen LogP contribution in [0.2, 0.25) is 0 Å². The van der Waals surface area contributed by atoms with Crippen molar-refractivity contribution in [3.05, 3.63) is 64.8 Å². The van der Waals surface area contributed by atoms with Crippen LogP contribution in [-0.2, 0) is 0 Å². The third-order valence-corrected chi connectivity index (χ3v) is 5.38. The SMILES string of the molecule is Cc1nc(-c2ccccn2)sc1C(=O)Nc1ccc(C(=O)NC2CC2)cc1. The van der Waals surface area contributed by atoms with Gasteiger partial charge in [0.1, 0.15) is 9.88 Å². The van der Waals surface area contributed by atoms with E-state index in [-0.39, 0.29) is 11.8 Å². The van der Waals surface area contributed by atoms with E-state index in [1.54, 1.807) is 30.5 Å². The molecule has 0 aliphatic heterocycles. The maximum absolute atomic E-state index is 12.6. The number of aromatic nitrogens is 2. The summed E-state index contributed by atoms with van der Waals surface area (Å²) >= 11 is 1.31. The summed E-state index contributed by atoms with van der Waals surface area (Å²) in [6.45, 7) is 1.81. The molecule has 1 aliphatic carbocycles. The van der Waals surface area contributed by atoms with Gasteiger partial charge in [-0.2, -0.15) is 0 Å². The van der Waals surface area contributed by atoms with E-state index >= 15 is 0 Å². The minimum Gasteiger partial charge on any atom is -0.349 e. The first-order valence-corrected chi connectivity index (χ1v) is 9.53. The van der Waals surface area contributed by atoms with E-state index in [1.807, 2.05) is 25.1 Å². The van der Waals surface area contributed by atoms with Gasteiger partial charge in [0.25, 0.3) is 11.8 Å². The first-order chi connectivity index (χ1) is 13.1. The Morgan fingerprint density at radius 3 is 2.52 bits per heavy atom. The quantitative estimate of drug-likeness (QED) is 0.710. The summed E-state index contributed by atoms with van der Waals surface area (Å²) in [5, 5.41) is 6.52. The molecule has 1 aromatic carbocycles. The second-order valence-electron chi connectivity index (χ2n) is 6.43. The zero-order chi connectivity index (χ0) is 18.8. The zero-order valence-electron chi connectivity index (χ0n) is 14.7. The van der Waals surface area contributed by atoms with E-state index in [2.05, 4.69) is 20.6 Å². The molecule has 0 atom stereocenters. The highest BCUT2D eigenvalue weighted by Gasteiger charge is 2.23. The van der Waals surface area contributed by atoms with Crippen molar-refractivity contribution in [1.82, 2.24) is 15.3 Å². The summed E-state index contributed by atoms with van der Waals surface area (Å²) < 4.78 is 0. The number of hydrogen-bond acceptors (Lipinski definition) is 5. The van der Waals surface area contributed by atoms with E-state index in [0.717, 1.165) is 18.5 Å². The normalized spacial score (nSPS) is 13.2. The molecule has 7 heteroatoms. The predicted octanol–water partition coefficient (Wildman–Crippen LogP) is 3.66.